The number of hydrogen-bond acceptors (Lipinski definition) is 2. The minimum Gasteiger partial charge on any atom is -0.324 e. The molecule has 0 saturated heterocycles. The molecule has 0 bridgehead atoms. The van der Waals surface area contributed by atoms with Crippen molar-refractivity contribution in [3.05, 3.63) is 22.9 Å². The molecule has 3 nitrogen and oxygen atoms in total. The van der Waals surface area contributed by atoms with Crippen molar-refractivity contribution in [2.45, 2.75) is 19.3 Å². The molecule has 1 aromatic rings. The van der Waals surface area contributed by atoms with Gasteiger partial charge in [0, 0.05) is 18.5 Å². The minimum absolute atomic E-state index is 0.00573. The van der Waals surface area contributed by atoms with Gasteiger partial charge in [0.25, 0.3) is 0 Å². The fourth-order valence-electron chi connectivity index (χ4n) is 1.07. The van der Waals surface area contributed by atoms with Crippen molar-refractivity contribution in [2.75, 3.05) is 11.2 Å². The van der Waals surface area contributed by atoms with Gasteiger partial charge in [-0.1, -0.05) is 0 Å². The number of halogens is 2. The number of pyridine rings is 1. The SMILES string of the molecule is O=C(CCCCCl)Nc1cccnc1Br. The highest BCUT2D eigenvalue weighted by Gasteiger charge is 2.04. The average Bonchev–Trinajstić information content (AvgIpc) is 2.22. The van der Waals surface area contributed by atoms with E-state index in [9.17, 15) is 4.79 Å². The Morgan fingerprint density at radius 1 is 1.53 bits per heavy atom. The number of nitrogens with zero attached hydrogens (tertiary/aromatic N) is 1. The van der Waals surface area contributed by atoms with Crippen LogP contribution in [-0.4, -0.2) is 16.8 Å². The van der Waals surface area contributed by atoms with Crippen LogP contribution in [0.2, 0.25) is 0 Å². The molecule has 0 unspecified atom stereocenters. The first kappa shape index (κ1) is 12.5. The van der Waals surface area contributed by atoms with Gasteiger partial charge in [-0.2, -0.15) is 0 Å². The van der Waals surface area contributed by atoms with Crippen LogP contribution in [0.25, 0.3) is 0 Å². The van der Waals surface area contributed by atoms with E-state index in [1.165, 1.54) is 0 Å². The molecule has 1 N–H and O–H groups in total. The van der Waals surface area contributed by atoms with Gasteiger partial charge in [0.15, 0.2) is 0 Å². The lowest BCUT2D eigenvalue weighted by atomic mass is 10.2. The second-order valence-corrected chi connectivity index (χ2v) is 4.17. The molecule has 0 aliphatic rings. The molecule has 0 aliphatic carbocycles. The summed E-state index contributed by atoms with van der Waals surface area (Å²) in [6, 6.07) is 3.58. The van der Waals surface area contributed by atoms with Crippen molar-refractivity contribution in [3.8, 4) is 0 Å². The first-order valence-corrected chi connectivity index (χ1v) is 6.03. The van der Waals surface area contributed by atoms with Gasteiger partial charge in [-0.05, 0) is 40.9 Å². The van der Waals surface area contributed by atoms with Crippen LogP contribution in [0.3, 0.4) is 0 Å². The maximum Gasteiger partial charge on any atom is 0.224 e. The maximum absolute atomic E-state index is 11.4. The Balaban J connectivity index is 2.41. The first-order chi connectivity index (χ1) is 7.24. The maximum atomic E-state index is 11.4. The molecule has 0 spiro atoms. The average molecular weight is 292 g/mol. The molecule has 1 heterocycles. The van der Waals surface area contributed by atoms with Crippen molar-refractivity contribution >= 4 is 39.1 Å². The molecule has 0 fully saturated rings. The Kier molecular flexibility index (Phi) is 5.65. The predicted molar refractivity (Wildman–Crippen MR) is 65.1 cm³/mol. The number of nitrogens with one attached hydrogen (secondary N) is 1. The molecular weight excluding hydrogens is 279 g/mol. The van der Waals surface area contributed by atoms with Crippen LogP contribution in [0, 0.1) is 0 Å². The van der Waals surface area contributed by atoms with E-state index >= 15 is 0 Å². The molecule has 82 valence electrons. The van der Waals surface area contributed by atoms with Crippen LogP contribution in [-0.2, 0) is 4.79 Å². The molecule has 5 heteroatoms. The van der Waals surface area contributed by atoms with E-state index in [4.69, 9.17) is 11.6 Å². The summed E-state index contributed by atoms with van der Waals surface area (Å²) >= 11 is 8.78. The lowest BCUT2D eigenvalue weighted by Gasteiger charge is -2.05. The molecule has 1 aromatic heterocycles. The fourth-order valence-corrected chi connectivity index (χ4v) is 1.61. The first-order valence-electron chi connectivity index (χ1n) is 4.70. The van der Waals surface area contributed by atoms with Gasteiger partial charge in [0.1, 0.15) is 4.60 Å². The number of amides is 1. The van der Waals surface area contributed by atoms with Gasteiger partial charge in [0.05, 0.1) is 5.69 Å². The molecule has 0 aromatic carbocycles. The van der Waals surface area contributed by atoms with Crippen LogP contribution in [0.1, 0.15) is 19.3 Å². The highest BCUT2D eigenvalue weighted by Crippen LogP contribution is 2.18. The summed E-state index contributed by atoms with van der Waals surface area (Å²) in [5, 5.41) is 2.78. The summed E-state index contributed by atoms with van der Waals surface area (Å²) in [4.78, 5) is 15.4. The Morgan fingerprint density at radius 2 is 2.33 bits per heavy atom. The summed E-state index contributed by atoms with van der Waals surface area (Å²) in [6.45, 7) is 0. The molecule has 1 rings (SSSR count). The monoisotopic (exact) mass is 290 g/mol. The lowest BCUT2D eigenvalue weighted by Crippen LogP contribution is -2.11. The number of carbonyl (C=O) groups excluding carboxylic acids is 1. The number of hydrogen-bond donors (Lipinski definition) is 1. The largest absolute Gasteiger partial charge is 0.324 e. The third-order valence-corrected chi connectivity index (χ3v) is 2.72. The lowest BCUT2D eigenvalue weighted by molar-refractivity contribution is -0.116. The molecule has 0 radical (unpaired) electrons. The summed E-state index contributed by atoms with van der Waals surface area (Å²) in [7, 11) is 0. The van der Waals surface area contributed by atoms with Gasteiger partial charge < -0.3 is 5.32 Å². The van der Waals surface area contributed by atoms with Crippen LogP contribution >= 0.6 is 27.5 Å². The van der Waals surface area contributed by atoms with Crippen molar-refractivity contribution in [1.82, 2.24) is 4.98 Å². The Morgan fingerprint density at radius 3 is 3.00 bits per heavy atom. The van der Waals surface area contributed by atoms with E-state index in [0.717, 1.165) is 12.8 Å². The zero-order chi connectivity index (χ0) is 11.1. The number of unbranched alkanes of at least 4 members (excludes halogenated alkanes) is 1. The zero-order valence-electron chi connectivity index (χ0n) is 8.17. The smallest absolute Gasteiger partial charge is 0.224 e. The summed E-state index contributed by atoms with van der Waals surface area (Å²) in [6.07, 6.45) is 3.83. The molecule has 0 saturated carbocycles. The molecule has 15 heavy (non-hydrogen) atoms. The van der Waals surface area contributed by atoms with Gasteiger partial charge in [-0.15, -0.1) is 11.6 Å². The fraction of sp³-hybridized carbons (Fsp3) is 0.400. The van der Waals surface area contributed by atoms with E-state index in [0.29, 0.717) is 22.6 Å². The van der Waals surface area contributed by atoms with Crippen molar-refractivity contribution in [2.24, 2.45) is 0 Å². The van der Waals surface area contributed by atoms with Crippen LogP contribution in [0.4, 0.5) is 5.69 Å². The Hall–Kier alpha value is -0.610. The van der Waals surface area contributed by atoms with Crippen LogP contribution in [0.15, 0.2) is 22.9 Å². The van der Waals surface area contributed by atoms with Crippen molar-refractivity contribution in [3.63, 3.8) is 0 Å². The highest BCUT2D eigenvalue weighted by atomic mass is 79.9. The predicted octanol–water partition coefficient (Wildman–Crippen LogP) is 3.19. The Labute approximate surface area is 102 Å². The highest BCUT2D eigenvalue weighted by molar-refractivity contribution is 9.10. The number of alkyl halides is 1. The van der Waals surface area contributed by atoms with E-state index in [1.807, 2.05) is 0 Å². The normalized spacial score (nSPS) is 10.0. The zero-order valence-corrected chi connectivity index (χ0v) is 10.5. The van der Waals surface area contributed by atoms with Gasteiger partial charge in [-0.3, -0.25) is 4.79 Å². The molecule has 0 aliphatic heterocycles. The van der Waals surface area contributed by atoms with Crippen LogP contribution < -0.4 is 5.32 Å². The molecule has 0 atom stereocenters. The van der Waals surface area contributed by atoms with Crippen molar-refractivity contribution in [1.29, 1.82) is 0 Å². The number of anilines is 1. The number of aromatic nitrogens is 1. The molecular formula is C10H12BrClN2O. The number of rotatable bonds is 5. The van der Waals surface area contributed by atoms with Crippen molar-refractivity contribution < 1.29 is 4.79 Å². The Bertz CT molecular complexity index is 333. The summed E-state index contributed by atoms with van der Waals surface area (Å²) < 4.78 is 0.649. The second-order valence-electron chi connectivity index (χ2n) is 3.04. The summed E-state index contributed by atoms with van der Waals surface area (Å²) in [5.74, 6) is 0.595. The minimum atomic E-state index is -0.00573. The second kappa shape index (κ2) is 6.80. The number of carbonyl (C=O) groups is 1. The topological polar surface area (TPSA) is 42.0 Å². The molecule has 1 amide bonds. The van der Waals surface area contributed by atoms with E-state index < -0.39 is 0 Å². The quantitative estimate of drug-likeness (QED) is 0.514. The van der Waals surface area contributed by atoms with E-state index in [1.54, 1.807) is 18.3 Å². The van der Waals surface area contributed by atoms with Gasteiger partial charge in [-0.25, -0.2) is 4.98 Å². The third kappa shape index (κ3) is 4.62. The van der Waals surface area contributed by atoms with Gasteiger partial charge in [0.2, 0.25) is 5.91 Å². The standard InChI is InChI=1S/C10H12BrClN2O/c11-10-8(4-3-7-13-10)14-9(15)5-1-2-6-12/h3-4,7H,1-2,5-6H2,(H,14,15). The van der Waals surface area contributed by atoms with E-state index in [-0.39, 0.29) is 5.91 Å². The summed E-state index contributed by atoms with van der Waals surface area (Å²) in [5.41, 5.74) is 0.702. The van der Waals surface area contributed by atoms with Crippen LogP contribution in [0.5, 0.6) is 0 Å². The van der Waals surface area contributed by atoms with Gasteiger partial charge >= 0.3 is 0 Å². The van der Waals surface area contributed by atoms with E-state index in [2.05, 4.69) is 26.2 Å². The third-order valence-electron chi connectivity index (χ3n) is 1.82.